The minimum absolute atomic E-state index is 0.0693. The van der Waals surface area contributed by atoms with Crippen molar-refractivity contribution in [1.82, 2.24) is 19.3 Å². The highest BCUT2D eigenvalue weighted by atomic mass is 32.1. The van der Waals surface area contributed by atoms with Gasteiger partial charge in [0.2, 0.25) is 0 Å². The summed E-state index contributed by atoms with van der Waals surface area (Å²) in [6, 6.07) is -0.213. The van der Waals surface area contributed by atoms with Crippen molar-refractivity contribution in [3.63, 3.8) is 0 Å². The lowest BCUT2D eigenvalue weighted by Crippen LogP contribution is -2.35. The minimum atomic E-state index is -0.347. The van der Waals surface area contributed by atoms with Crippen LogP contribution in [0.5, 0.6) is 0 Å². The van der Waals surface area contributed by atoms with Gasteiger partial charge >= 0.3 is 0 Å². The first-order valence-corrected chi connectivity index (χ1v) is 8.75. The largest absolute Gasteiger partial charge is 0.333 e. The Hall–Kier alpha value is -2.06. The van der Waals surface area contributed by atoms with Gasteiger partial charge in [-0.1, -0.05) is 0 Å². The van der Waals surface area contributed by atoms with Gasteiger partial charge in [0.05, 0.1) is 16.7 Å². The van der Waals surface area contributed by atoms with Gasteiger partial charge in [-0.05, 0) is 20.8 Å². The second kappa shape index (κ2) is 5.86. The molecule has 0 aromatic carbocycles. The Morgan fingerprint density at radius 1 is 1.39 bits per heavy atom. The molecule has 3 aromatic heterocycles. The maximum Gasteiger partial charge on any atom is 0.271 e. The van der Waals surface area contributed by atoms with Gasteiger partial charge in [-0.2, -0.15) is 0 Å². The van der Waals surface area contributed by atoms with E-state index in [1.54, 1.807) is 34.9 Å². The molecule has 0 N–H and O–H groups in total. The van der Waals surface area contributed by atoms with Crippen LogP contribution in [0, 0.1) is 13.8 Å². The topological polar surface area (TPSA) is 67.6 Å². The molecule has 3 heterocycles. The van der Waals surface area contributed by atoms with Gasteiger partial charge in [-0.25, -0.2) is 9.97 Å². The summed E-state index contributed by atoms with van der Waals surface area (Å²) in [7, 11) is 1.68. The number of aromatic nitrogens is 3. The zero-order valence-corrected chi connectivity index (χ0v) is 14.9. The van der Waals surface area contributed by atoms with Crippen molar-refractivity contribution in [2.75, 3.05) is 7.05 Å². The molecule has 1 atom stereocenters. The maximum atomic E-state index is 12.7. The second-order valence-corrected chi connectivity index (χ2v) is 7.58. The molecule has 120 valence electrons. The van der Waals surface area contributed by atoms with E-state index in [-0.39, 0.29) is 23.1 Å². The molecule has 0 spiro atoms. The Labute approximate surface area is 141 Å². The van der Waals surface area contributed by atoms with Gasteiger partial charge in [-0.3, -0.25) is 14.0 Å². The molecule has 8 heteroatoms. The van der Waals surface area contributed by atoms with Crippen LogP contribution in [-0.4, -0.2) is 32.2 Å². The zero-order valence-electron chi connectivity index (χ0n) is 13.2. The van der Waals surface area contributed by atoms with Crippen LogP contribution in [0.25, 0.3) is 4.96 Å². The number of aryl methyl sites for hydroxylation is 2. The van der Waals surface area contributed by atoms with Crippen LogP contribution < -0.4 is 5.56 Å². The van der Waals surface area contributed by atoms with Crippen LogP contribution in [0.15, 0.2) is 22.6 Å². The molecule has 6 nitrogen and oxygen atoms in total. The van der Waals surface area contributed by atoms with Gasteiger partial charge in [0, 0.05) is 29.7 Å². The summed E-state index contributed by atoms with van der Waals surface area (Å²) in [6.07, 6.45) is 2.99. The first-order valence-electron chi connectivity index (χ1n) is 7.06. The van der Waals surface area contributed by atoms with Crippen molar-refractivity contribution in [1.29, 1.82) is 0 Å². The fourth-order valence-electron chi connectivity index (χ4n) is 2.45. The van der Waals surface area contributed by atoms with E-state index in [1.165, 1.54) is 21.9 Å². The van der Waals surface area contributed by atoms with Crippen molar-refractivity contribution < 1.29 is 4.79 Å². The summed E-state index contributed by atoms with van der Waals surface area (Å²) < 4.78 is 1.40. The quantitative estimate of drug-likeness (QED) is 0.730. The average molecular weight is 348 g/mol. The normalized spacial score (nSPS) is 12.5. The Balaban J connectivity index is 1.96. The Kier molecular flexibility index (Phi) is 4.03. The van der Waals surface area contributed by atoms with E-state index >= 15 is 0 Å². The van der Waals surface area contributed by atoms with Gasteiger partial charge in [0.15, 0.2) is 4.96 Å². The summed E-state index contributed by atoms with van der Waals surface area (Å²) in [5, 5.41) is 2.73. The molecular weight excluding hydrogens is 332 g/mol. The molecule has 0 bridgehead atoms. The van der Waals surface area contributed by atoms with E-state index in [2.05, 4.69) is 9.97 Å². The van der Waals surface area contributed by atoms with Crippen LogP contribution >= 0.6 is 22.7 Å². The highest BCUT2D eigenvalue weighted by Crippen LogP contribution is 2.26. The number of hydrogen-bond acceptors (Lipinski definition) is 6. The van der Waals surface area contributed by atoms with Gasteiger partial charge in [-0.15, -0.1) is 22.7 Å². The summed E-state index contributed by atoms with van der Waals surface area (Å²) in [5.74, 6) is -0.347. The molecule has 0 fully saturated rings. The van der Waals surface area contributed by atoms with E-state index in [1.807, 2.05) is 20.8 Å². The first kappa shape index (κ1) is 15.8. The smallest absolute Gasteiger partial charge is 0.271 e. The van der Waals surface area contributed by atoms with Crippen LogP contribution in [0.1, 0.15) is 38.9 Å². The summed E-state index contributed by atoms with van der Waals surface area (Å²) in [4.78, 5) is 37.0. The van der Waals surface area contributed by atoms with E-state index in [4.69, 9.17) is 0 Å². The van der Waals surface area contributed by atoms with Gasteiger partial charge in [0.1, 0.15) is 5.56 Å². The number of thiazole rings is 2. The molecule has 0 saturated heterocycles. The van der Waals surface area contributed by atoms with E-state index in [0.717, 1.165) is 15.6 Å². The van der Waals surface area contributed by atoms with E-state index < -0.39 is 0 Å². The Morgan fingerprint density at radius 3 is 2.78 bits per heavy atom. The average Bonchev–Trinajstić information content (AvgIpc) is 3.12. The van der Waals surface area contributed by atoms with Crippen molar-refractivity contribution in [3.8, 4) is 0 Å². The van der Waals surface area contributed by atoms with E-state index in [9.17, 15) is 9.59 Å². The molecule has 0 radical (unpaired) electrons. The number of amides is 1. The number of carbonyl (C=O) groups is 1. The minimum Gasteiger partial charge on any atom is -0.333 e. The fraction of sp³-hybridized carbons (Fsp3) is 0.333. The van der Waals surface area contributed by atoms with Crippen LogP contribution in [0.3, 0.4) is 0 Å². The summed E-state index contributed by atoms with van der Waals surface area (Å²) in [6.45, 7) is 5.84. The fourth-order valence-corrected chi connectivity index (χ4v) is 4.04. The Morgan fingerprint density at radius 2 is 2.13 bits per heavy atom. The van der Waals surface area contributed by atoms with E-state index in [0.29, 0.717) is 4.96 Å². The second-order valence-electron chi connectivity index (χ2n) is 5.30. The zero-order chi connectivity index (χ0) is 16.7. The van der Waals surface area contributed by atoms with Crippen LogP contribution in [0.2, 0.25) is 0 Å². The molecule has 23 heavy (non-hydrogen) atoms. The van der Waals surface area contributed by atoms with Crippen molar-refractivity contribution in [2.45, 2.75) is 26.8 Å². The number of carbonyl (C=O) groups excluding carboxylic acids is 1. The number of hydrogen-bond donors (Lipinski definition) is 0. The molecule has 0 aliphatic rings. The Bertz CT molecular complexity index is 940. The predicted octanol–water partition coefficient (Wildman–Crippen LogP) is 2.66. The lowest BCUT2D eigenvalue weighted by molar-refractivity contribution is 0.0737. The number of rotatable bonds is 3. The van der Waals surface area contributed by atoms with Gasteiger partial charge < -0.3 is 4.90 Å². The first-order chi connectivity index (χ1) is 10.9. The highest BCUT2D eigenvalue weighted by Gasteiger charge is 2.25. The third kappa shape index (κ3) is 2.68. The van der Waals surface area contributed by atoms with Crippen molar-refractivity contribution in [3.05, 3.63) is 49.3 Å². The number of fused-ring (bicyclic) bond motifs is 1. The molecular formula is C15H16N4O2S2. The molecule has 3 rings (SSSR count). The lowest BCUT2D eigenvalue weighted by atomic mass is 10.1. The molecule has 1 unspecified atom stereocenters. The monoisotopic (exact) mass is 348 g/mol. The van der Waals surface area contributed by atoms with Crippen molar-refractivity contribution >= 4 is 33.5 Å². The number of nitrogens with zero attached hydrogens (tertiary/aromatic N) is 4. The summed E-state index contributed by atoms with van der Waals surface area (Å²) in [5.41, 5.74) is 0.597. The lowest BCUT2D eigenvalue weighted by Gasteiger charge is -2.24. The van der Waals surface area contributed by atoms with Gasteiger partial charge in [0.25, 0.3) is 11.5 Å². The highest BCUT2D eigenvalue weighted by molar-refractivity contribution is 7.15. The predicted molar refractivity (Wildman–Crippen MR) is 91.4 cm³/mol. The van der Waals surface area contributed by atoms with Crippen molar-refractivity contribution in [2.24, 2.45) is 0 Å². The molecule has 0 aliphatic carbocycles. The molecule has 1 amide bonds. The molecule has 0 saturated carbocycles. The SMILES string of the molecule is Cc1nc(C(C)N(C)C(=O)c2cnc3sccn3c2=O)c(C)s1. The summed E-state index contributed by atoms with van der Waals surface area (Å²) >= 11 is 2.96. The van der Waals surface area contributed by atoms with Crippen LogP contribution in [0.4, 0.5) is 0 Å². The maximum absolute atomic E-state index is 12.7. The molecule has 0 aliphatic heterocycles. The third-order valence-corrected chi connectivity index (χ3v) is 5.48. The molecule has 3 aromatic rings. The standard InChI is InChI=1S/C15H16N4O2S2/c1-8(12-9(2)23-10(3)17-12)18(4)13(20)11-7-16-15-19(14(11)21)5-6-22-15/h5-8H,1-4H3. The van der Waals surface area contributed by atoms with Crippen LogP contribution in [-0.2, 0) is 0 Å². The third-order valence-electron chi connectivity index (χ3n) is 3.81.